The number of benzene rings is 1. The Bertz CT molecular complexity index is 933. The van der Waals surface area contributed by atoms with Gasteiger partial charge in [0.25, 0.3) is 5.91 Å². The average molecular weight is 429 g/mol. The number of hydrogen-bond acceptors (Lipinski definition) is 7. The Balaban J connectivity index is 1.47. The van der Waals surface area contributed by atoms with E-state index in [0.717, 1.165) is 12.8 Å². The number of rotatable bonds is 8. The maximum atomic E-state index is 13.1. The van der Waals surface area contributed by atoms with E-state index in [9.17, 15) is 9.59 Å². The highest BCUT2D eigenvalue weighted by Crippen LogP contribution is 2.34. The van der Waals surface area contributed by atoms with Gasteiger partial charge in [0, 0.05) is 38.2 Å². The van der Waals surface area contributed by atoms with Crippen LogP contribution in [-0.2, 0) is 9.53 Å². The van der Waals surface area contributed by atoms with E-state index >= 15 is 0 Å². The van der Waals surface area contributed by atoms with Crippen molar-refractivity contribution in [2.75, 3.05) is 47.1 Å². The Morgan fingerprint density at radius 2 is 1.94 bits per heavy atom. The second kappa shape index (κ2) is 9.38. The van der Waals surface area contributed by atoms with Crippen LogP contribution in [0.5, 0.6) is 11.5 Å². The first-order chi connectivity index (χ1) is 15.1. The summed E-state index contributed by atoms with van der Waals surface area (Å²) in [6.45, 7) is 2.69. The summed E-state index contributed by atoms with van der Waals surface area (Å²) in [4.78, 5) is 29.2. The van der Waals surface area contributed by atoms with Crippen LogP contribution in [-0.4, -0.2) is 79.9 Å². The number of aromatic nitrogens is 1. The lowest BCUT2D eigenvalue weighted by molar-refractivity contribution is -0.135. The third kappa shape index (κ3) is 4.82. The van der Waals surface area contributed by atoms with Crippen molar-refractivity contribution in [2.45, 2.75) is 25.3 Å². The molecular weight excluding hydrogens is 402 g/mol. The zero-order valence-electron chi connectivity index (χ0n) is 17.8. The maximum Gasteiger partial charge on any atom is 0.276 e. The van der Waals surface area contributed by atoms with Gasteiger partial charge < -0.3 is 28.5 Å². The molecule has 1 aliphatic carbocycles. The van der Waals surface area contributed by atoms with Gasteiger partial charge in [-0.2, -0.15) is 0 Å². The summed E-state index contributed by atoms with van der Waals surface area (Å²) in [6, 6.07) is 7.08. The molecule has 2 amide bonds. The highest BCUT2D eigenvalue weighted by molar-refractivity contribution is 5.94. The lowest BCUT2D eigenvalue weighted by Crippen LogP contribution is -2.43. The molecule has 9 nitrogen and oxygen atoms in total. The molecule has 0 radical (unpaired) electrons. The Kier molecular flexibility index (Phi) is 6.41. The minimum Gasteiger partial charge on any atom is -0.497 e. The molecular formula is C22H27N3O6. The van der Waals surface area contributed by atoms with Crippen LogP contribution < -0.4 is 9.47 Å². The first kappa shape index (κ1) is 21.2. The Hall–Kier alpha value is -3.07. The van der Waals surface area contributed by atoms with E-state index in [1.807, 2.05) is 0 Å². The van der Waals surface area contributed by atoms with Crippen LogP contribution >= 0.6 is 0 Å². The molecule has 4 rings (SSSR count). The third-order valence-electron chi connectivity index (χ3n) is 5.58. The number of morpholine rings is 1. The van der Waals surface area contributed by atoms with Crippen LogP contribution in [0.1, 0.15) is 29.8 Å². The van der Waals surface area contributed by atoms with E-state index in [4.69, 9.17) is 18.7 Å². The van der Waals surface area contributed by atoms with Crippen molar-refractivity contribution in [1.82, 2.24) is 15.0 Å². The Labute approximate surface area is 180 Å². The Morgan fingerprint density at radius 3 is 2.61 bits per heavy atom. The van der Waals surface area contributed by atoms with Gasteiger partial charge in [0.15, 0.2) is 11.5 Å². The summed E-state index contributed by atoms with van der Waals surface area (Å²) >= 11 is 0. The summed E-state index contributed by atoms with van der Waals surface area (Å²) in [5.74, 6) is 1.46. The molecule has 0 bridgehead atoms. The van der Waals surface area contributed by atoms with Crippen LogP contribution in [0.4, 0.5) is 0 Å². The predicted octanol–water partition coefficient (Wildman–Crippen LogP) is 2.21. The molecule has 1 aromatic heterocycles. The fourth-order valence-electron chi connectivity index (χ4n) is 3.68. The molecule has 0 spiro atoms. The first-order valence-electron chi connectivity index (χ1n) is 10.5. The van der Waals surface area contributed by atoms with Crippen molar-refractivity contribution in [3.05, 3.63) is 30.0 Å². The van der Waals surface area contributed by atoms with Gasteiger partial charge in [-0.05, 0) is 31.0 Å². The monoisotopic (exact) mass is 429 g/mol. The largest absolute Gasteiger partial charge is 0.497 e. The SMILES string of the molecule is COc1ccc(OC)c(-c2cc(C(=O)N(CCC(=O)N3CCOCC3)C3CC3)no2)c1. The highest BCUT2D eigenvalue weighted by atomic mass is 16.5. The number of nitrogens with zero attached hydrogens (tertiary/aromatic N) is 3. The van der Waals surface area contributed by atoms with Crippen LogP contribution in [0.15, 0.2) is 28.8 Å². The van der Waals surface area contributed by atoms with Crippen LogP contribution in [0, 0.1) is 0 Å². The van der Waals surface area contributed by atoms with E-state index < -0.39 is 0 Å². The number of carbonyl (C=O) groups is 2. The number of ether oxygens (including phenoxy) is 3. The molecule has 0 unspecified atom stereocenters. The zero-order chi connectivity index (χ0) is 21.8. The summed E-state index contributed by atoms with van der Waals surface area (Å²) in [5, 5.41) is 4.00. The topological polar surface area (TPSA) is 94.3 Å². The van der Waals surface area contributed by atoms with Gasteiger partial charge in [-0.15, -0.1) is 0 Å². The minimum absolute atomic E-state index is 0.0451. The van der Waals surface area contributed by atoms with E-state index in [-0.39, 0.29) is 30.0 Å². The van der Waals surface area contributed by atoms with Crippen molar-refractivity contribution >= 4 is 11.8 Å². The smallest absolute Gasteiger partial charge is 0.276 e. The normalized spacial score (nSPS) is 16.1. The van der Waals surface area contributed by atoms with Gasteiger partial charge in [-0.3, -0.25) is 9.59 Å². The quantitative estimate of drug-likeness (QED) is 0.635. The molecule has 2 heterocycles. The van der Waals surface area contributed by atoms with E-state index in [0.29, 0.717) is 55.7 Å². The number of hydrogen-bond donors (Lipinski definition) is 0. The zero-order valence-corrected chi connectivity index (χ0v) is 17.8. The highest BCUT2D eigenvalue weighted by Gasteiger charge is 2.35. The van der Waals surface area contributed by atoms with E-state index in [2.05, 4.69) is 5.16 Å². The number of carbonyl (C=O) groups excluding carboxylic acids is 2. The molecule has 2 aliphatic rings. The van der Waals surface area contributed by atoms with Crippen molar-refractivity contribution < 1.29 is 28.3 Å². The molecule has 2 fully saturated rings. The van der Waals surface area contributed by atoms with Crippen LogP contribution in [0.25, 0.3) is 11.3 Å². The Morgan fingerprint density at radius 1 is 1.16 bits per heavy atom. The summed E-state index contributed by atoms with van der Waals surface area (Å²) in [5.41, 5.74) is 0.861. The summed E-state index contributed by atoms with van der Waals surface area (Å²) < 4.78 is 21.4. The summed E-state index contributed by atoms with van der Waals surface area (Å²) in [6.07, 6.45) is 2.16. The molecule has 0 N–H and O–H groups in total. The van der Waals surface area contributed by atoms with Gasteiger partial charge in [0.1, 0.15) is 11.5 Å². The number of amides is 2. The minimum atomic E-state index is -0.228. The average Bonchev–Trinajstić information content (AvgIpc) is 3.53. The second-order valence-electron chi connectivity index (χ2n) is 7.62. The van der Waals surface area contributed by atoms with Crippen molar-refractivity contribution in [2.24, 2.45) is 0 Å². The van der Waals surface area contributed by atoms with Crippen molar-refractivity contribution in [3.63, 3.8) is 0 Å². The van der Waals surface area contributed by atoms with E-state index in [1.54, 1.807) is 48.3 Å². The van der Waals surface area contributed by atoms with E-state index in [1.165, 1.54) is 0 Å². The third-order valence-corrected chi connectivity index (χ3v) is 5.58. The molecule has 1 aromatic carbocycles. The first-order valence-corrected chi connectivity index (χ1v) is 10.5. The fraction of sp³-hybridized carbons (Fsp3) is 0.500. The standard InChI is InChI=1S/C22H27N3O6/c1-28-16-5-6-19(29-2)17(13-16)20-14-18(23-31-20)22(27)25(15-3-4-15)8-7-21(26)24-9-11-30-12-10-24/h5-6,13-15H,3-4,7-12H2,1-2H3. The molecule has 1 saturated heterocycles. The lowest BCUT2D eigenvalue weighted by atomic mass is 10.1. The summed E-state index contributed by atoms with van der Waals surface area (Å²) in [7, 11) is 3.14. The van der Waals surface area contributed by atoms with Gasteiger partial charge >= 0.3 is 0 Å². The molecule has 31 heavy (non-hydrogen) atoms. The van der Waals surface area contributed by atoms with Gasteiger partial charge in [-0.1, -0.05) is 5.16 Å². The molecule has 166 valence electrons. The van der Waals surface area contributed by atoms with Gasteiger partial charge in [0.05, 0.1) is 33.0 Å². The molecule has 1 aliphatic heterocycles. The van der Waals surface area contributed by atoms with Gasteiger partial charge in [0.2, 0.25) is 5.91 Å². The van der Waals surface area contributed by atoms with Crippen molar-refractivity contribution in [1.29, 1.82) is 0 Å². The van der Waals surface area contributed by atoms with Crippen LogP contribution in [0.3, 0.4) is 0 Å². The maximum absolute atomic E-state index is 13.1. The molecule has 9 heteroatoms. The lowest BCUT2D eigenvalue weighted by Gasteiger charge is -2.28. The predicted molar refractivity (Wildman–Crippen MR) is 111 cm³/mol. The second-order valence-corrected chi connectivity index (χ2v) is 7.62. The molecule has 0 atom stereocenters. The van der Waals surface area contributed by atoms with Gasteiger partial charge in [-0.25, -0.2) is 0 Å². The number of methoxy groups -OCH3 is 2. The molecule has 1 saturated carbocycles. The van der Waals surface area contributed by atoms with Crippen molar-refractivity contribution in [3.8, 4) is 22.8 Å². The molecule has 2 aromatic rings. The van der Waals surface area contributed by atoms with Crippen LogP contribution in [0.2, 0.25) is 0 Å². The fourth-order valence-corrected chi connectivity index (χ4v) is 3.68.